The highest BCUT2D eigenvalue weighted by Crippen LogP contribution is 2.00. The summed E-state index contributed by atoms with van der Waals surface area (Å²) in [6.45, 7) is 6.19. The summed E-state index contributed by atoms with van der Waals surface area (Å²) in [5.41, 5.74) is 0. The number of hydrogen-bond acceptors (Lipinski definition) is 3. The van der Waals surface area contributed by atoms with Gasteiger partial charge in [0, 0.05) is 5.75 Å². The van der Waals surface area contributed by atoms with Crippen LogP contribution in [0.2, 0.25) is 0 Å². The lowest BCUT2D eigenvalue weighted by Crippen LogP contribution is -2.08. The number of hydrogen-bond donors (Lipinski definition) is 0. The smallest absolute Gasteiger partial charge is 0.315 e. The number of carbonyl (C=O) groups excluding carboxylic acids is 1. The average Bonchev–Trinajstić information content (AvgIpc) is 2.06. The van der Waals surface area contributed by atoms with Gasteiger partial charge in [-0.3, -0.25) is 4.79 Å². The predicted octanol–water partition coefficient (Wildman–Crippen LogP) is 2.25. The molecule has 0 aliphatic rings. The maximum Gasteiger partial charge on any atom is 0.315 e. The van der Waals surface area contributed by atoms with E-state index in [1.54, 1.807) is 6.08 Å². The van der Waals surface area contributed by atoms with Gasteiger partial charge in [0.1, 0.15) is 0 Å². The summed E-state index contributed by atoms with van der Waals surface area (Å²) < 4.78 is 4.93. The van der Waals surface area contributed by atoms with Crippen molar-refractivity contribution >= 4 is 17.7 Å². The normalized spacial score (nSPS) is 9.42. The summed E-state index contributed by atoms with van der Waals surface area (Å²) in [6, 6.07) is 0. The second-order valence-corrected chi connectivity index (χ2v) is 3.41. The SMILES string of the molecule is C=CCSCC(=O)OCCCC. The molecule has 0 aromatic carbocycles. The number of carbonyl (C=O) groups is 1. The number of rotatable bonds is 7. The van der Waals surface area contributed by atoms with Crippen molar-refractivity contribution < 1.29 is 9.53 Å². The second-order valence-electron chi connectivity index (χ2n) is 2.38. The molecule has 0 unspecified atom stereocenters. The van der Waals surface area contributed by atoms with Crippen LogP contribution in [0.4, 0.5) is 0 Å². The van der Waals surface area contributed by atoms with Gasteiger partial charge in [0.05, 0.1) is 12.4 Å². The first-order valence-electron chi connectivity index (χ1n) is 4.15. The molecule has 0 saturated carbocycles. The highest BCUT2D eigenvalue weighted by atomic mass is 32.2. The first-order chi connectivity index (χ1) is 5.81. The monoisotopic (exact) mass is 188 g/mol. The zero-order valence-electron chi connectivity index (χ0n) is 7.54. The fourth-order valence-electron chi connectivity index (χ4n) is 0.598. The van der Waals surface area contributed by atoms with Crippen LogP contribution in [0.15, 0.2) is 12.7 Å². The van der Waals surface area contributed by atoms with E-state index in [0.717, 1.165) is 18.6 Å². The molecule has 0 radical (unpaired) electrons. The van der Waals surface area contributed by atoms with E-state index in [9.17, 15) is 4.79 Å². The van der Waals surface area contributed by atoms with E-state index in [-0.39, 0.29) is 5.97 Å². The largest absolute Gasteiger partial charge is 0.465 e. The van der Waals surface area contributed by atoms with Gasteiger partial charge in [-0.2, -0.15) is 0 Å². The lowest BCUT2D eigenvalue weighted by atomic mass is 10.4. The van der Waals surface area contributed by atoms with Gasteiger partial charge in [-0.15, -0.1) is 18.3 Å². The molecular formula is C9H16O2S. The summed E-state index contributed by atoms with van der Waals surface area (Å²) in [5.74, 6) is 1.13. The fraction of sp³-hybridized carbons (Fsp3) is 0.667. The third kappa shape index (κ3) is 7.66. The molecular weight excluding hydrogens is 172 g/mol. The van der Waals surface area contributed by atoms with Crippen molar-refractivity contribution in [2.24, 2.45) is 0 Å². The van der Waals surface area contributed by atoms with Crippen molar-refractivity contribution in [2.45, 2.75) is 19.8 Å². The van der Waals surface area contributed by atoms with Crippen LogP contribution in [0.3, 0.4) is 0 Å². The van der Waals surface area contributed by atoms with Crippen LogP contribution in [0, 0.1) is 0 Å². The molecule has 0 aliphatic heterocycles. The molecule has 0 N–H and O–H groups in total. The number of thioether (sulfide) groups is 1. The molecule has 0 fully saturated rings. The summed E-state index contributed by atoms with van der Waals surface area (Å²) >= 11 is 1.53. The maximum absolute atomic E-state index is 10.9. The van der Waals surface area contributed by atoms with Crippen molar-refractivity contribution in [1.29, 1.82) is 0 Å². The molecule has 0 bridgehead atoms. The fourth-order valence-corrected chi connectivity index (χ4v) is 1.13. The Morgan fingerprint density at radius 3 is 3.00 bits per heavy atom. The van der Waals surface area contributed by atoms with Gasteiger partial charge < -0.3 is 4.74 Å². The first-order valence-corrected chi connectivity index (χ1v) is 5.31. The second kappa shape index (κ2) is 8.65. The van der Waals surface area contributed by atoms with Crippen molar-refractivity contribution in [3.8, 4) is 0 Å². The van der Waals surface area contributed by atoms with Crippen LogP contribution in [0.25, 0.3) is 0 Å². The van der Waals surface area contributed by atoms with Gasteiger partial charge in [-0.1, -0.05) is 19.4 Å². The molecule has 2 nitrogen and oxygen atoms in total. The van der Waals surface area contributed by atoms with Crippen LogP contribution < -0.4 is 0 Å². The molecule has 0 rings (SSSR count). The maximum atomic E-state index is 10.9. The topological polar surface area (TPSA) is 26.3 Å². The Bertz CT molecular complexity index is 134. The van der Waals surface area contributed by atoms with Gasteiger partial charge in [0.2, 0.25) is 0 Å². The van der Waals surface area contributed by atoms with E-state index in [1.807, 2.05) is 0 Å². The molecule has 0 spiro atoms. The molecule has 0 aromatic heterocycles. The molecule has 0 aliphatic carbocycles. The van der Waals surface area contributed by atoms with Gasteiger partial charge in [0.25, 0.3) is 0 Å². The Morgan fingerprint density at radius 2 is 2.42 bits per heavy atom. The third-order valence-electron chi connectivity index (χ3n) is 1.22. The van der Waals surface area contributed by atoms with Crippen molar-refractivity contribution in [2.75, 3.05) is 18.1 Å². The Balaban J connectivity index is 3.15. The standard InChI is InChI=1S/C9H16O2S/c1-3-5-6-11-9(10)8-12-7-4-2/h4H,2-3,5-8H2,1H3. The number of unbranched alkanes of at least 4 members (excludes halogenated alkanes) is 1. The minimum atomic E-state index is -0.115. The van der Waals surface area contributed by atoms with Gasteiger partial charge in [-0.25, -0.2) is 0 Å². The highest BCUT2D eigenvalue weighted by Gasteiger charge is 2.00. The van der Waals surface area contributed by atoms with Crippen molar-refractivity contribution in [3.63, 3.8) is 0 Å². The predicted molar refractivity (Wildman–Crippen MR) is 53.4 cm³/mol. The van der Waals surface area contributed by atoms with E-state index in [0.29, 0.717) is 12.4 Å². The van der Waals surface area contributed by atoms with Gasteiger partial charge >= 0.3 is 5.97 Å². The quantitative estimate of drug-likeness (QED) is 0.348. The Kier molecular flexibility index (Phi) is 8.34. The Hall–Kier alpha value is -0.440. The van der Waals surface area contributed by atoms with Crippen molar-refractivity contribution in [1.82, 2.24) is 0 Å². The van der Waals surface area contributed by atoms with Crippen LogP contribution in [-0.4, -0.2) is 24.1 Å². The summed E-state index contributed by atoms with van der Waals surface area (Å²) in [6.07, 6.45) is 3.80. The molecule has 12 heavy (non-hydrogen) atoms. The average molecular weight is 188 g/mol. The molecule has 0 aromatic rings. The lowest BCUT2D eigenvalue weighted by Gasteiger charge is -2.01. The van der Waals surface area contributed by atoms with E-state index in [2.05, 4.69) is 13.5 Å². The zero-order valence-corrected chi connectivity index (χ0v) is 8.36. The van der Waals surface area contributed by atoms with Crippen LogP contribution >= 0.6 is 11.8 Å². The van der Waals surface area contributed by atoms with Crippen molar-refractivity contribution in [3.05, 3.63) is 12.7 Å². The first kappa shape index (κ1) is 11.6. The highest BCUT2D eigenvalue weighted by molar-refractivity contribution is 8.00. The minimum absolute atomic E-state index is 0.115. The third-order valence-corrected chi connectivity index (χ3v) is 2.13. The molecule has 70 valence electrons. The van der Waals surface area contributed by atoms with Gasteiger partial charge in [0.15, 0.2) is 0 Å². The zero-order chi connectivity index (χ0) is 9.23. The summed E-state index contributed by atoms with van der Waals surface area (Å²) in [4.78, 5) is 10.9. The van der Waals surface area contributed by atoms with E-state index in [1.165, 1.54) is 11.8 Å². The summed E-state index contributed by atoms with van der Waals surface area (Å²) in [7, 11) is 0. The molecule has 0 heterocycles. The van der Waals surface area contributed by atoms with E-state index < -0.39 is 0 Å². The molecule has 0 atom stereocenters. The number of esters is 1. The van der Waals surface area contributed by atoms with Crippen LogP contribution in [0.5, 0.6) is 0 Å². The minimum Gasteiger partial charge on any atom is -0.465 e. The van der Waals surface area contributed by atoms with Crippen LogP contribution in [0.1, 0.15) is 19.8 Å². The number of ether oxygens (including phenoxy) is 1. The molecule has 0 amide bonds. The Labute approximate surface area is 78.4 Å². The molecule has 0 saturated heterocycles. The summed E-state index contributed by atoms with van der Waals surface area (Å²) in [5, 5.41) is 0. The molecule has 3 heteroatoms. The van der Waals surface area contributed by atoms with E-state index in [4.69, 9.17) is 4.74 Å². The van der Waals surface area contributed by atoms with Gasteiger partial charge in [-0.05, 0) is 6.42 Å². The van der Waals surface area contributed by atoms with Crippen LogP contribution in [-0.2, 0) is 9.53 Å². The van der Waals surface area contributed by atoms with E-state index >= 15 is 0 Å². The Morgan fingerprint density at radius 1 is 1.67 bits per heavy atom. The lowest BCUT2D eigenvalue weighted by molar-refractivity contribution is -0.140.